The van der Waals surface area contributed by atoms with Crippen LogP contribution in [0.5, 0.6) is 0 Å². The van der Waals surface area contributed by atoms with Crippen LogP contribution in [0.15, 0.2) is 53.9 Å². The number of amides is 2. The molecule has 3 aromatic rings. The van der Waals surface area contributed by atoms with Crippen molar-refractivity contribution in [3.8, 4) is 0 Å². The average molecular weight is 538 g/mol. The number of hydrogen-bond acceptors (Lipinski definition) is 8. The molecule has 2 aliphatic heterocycles. The fourth-order valence-electron chi connectivity index (χ4n) is 3.60. The summed E-state index contributed by atoms with van der Waals surface area (Å²) in [5.41, 5.74) is 0.913. The number of rotatable bonds is 4. The number of aliphatic imine (C=N–C) groups is 1. The van der Waals surface area contributed by atoms with E-state index < -0.39 is 28.2 Å². The first-order chi connectivity index (χ1) is 17.5. The fourth-order valence-corrected chi connectivity index (χ4v) is 3.60. The molecule has 13 nitrogen and oxygen atoms in total. The Balaban J connectivity index is 0.000000586. The number of halogens is 2. The Morgan fingerprint density at radius 3 is 2.65 bits per heavy atom. The van der Waals surface area contributed by atoms with Crippen LogP contribution in [-0.2, 0) is 15.1 Å². The molecule has 5 rings (SSSR count). The Kier molecular flexibility index (Phi) is 7.44. The number of methoxy groups -OCH3 is 1. The second-order valence-corrected chi connectivity index (χ2v) is 8.73. The quantitative estimate of drug-likeness (QED) is 0.424. The molecule has 16 heteroatoms. The van der Waals surface area contributed by atoms with Gasteiger partial charge in [-0.3, -0.25) is 14.1 Å². The van der Waals surface area contributed by atoms with E-state index >= 15 is 0 Å². The van der Waals surface area contributed by atoms with Gasteiger partial charge < -0.3 is 19.9 Å². The number of aromatic nitrogens is 3. The van der Waals surface area contributed by atoms with E-state index in [1.165, 1.54) is 16.9 Å². The van der Waals surface area contributed by atoms with Crippen molar-refractivity contribution >= 4 is 39.8 Å². The minimum atomic E-state index is -4.67. The molecule has 0 saturated carbocycles. The molecular formula is C21H21F2N7O6S. The molecule has 1 saturated heterocycles. The van der Waals surface area contributed by atoms with Crippen LogP contribution >= 0.6 is 0 Å². The normalized spacial score (nSPS) is 17.4. The molecule has 3 N–H and O–H groups in total. The van der Waals surface area contributed by atoms with Crippen LogP contribution < -0.4 is 10.2 Å². The van der Waals surface area contributed by atoms with E-state index in [-0.39, 0.29) is 17.7 Å². The predicted molar refractivity (Wildman–Crippen MR) is 128 cm³/mol. The van der Waals surface area contributed by atoms with Crippen LogP contribution in [0.3, 0.4) is 0 Å². The molecule has 37 heavy (non-hydrogen) atoms. The second-order valence-electron chi connectivity index (χ2n) is 7.84. The summed E-state index contributed by atoms with van der Waals surface area (Å²) in [5, 5.41) is 7.03. The zero-order chi connectivity index (χ0) is 26.7. The van der Waals surface area contributed by atoms with Crippen molar-refractivity contribution in [1.82, 2.24) is 19.5 Å². The number of ether oxygens (including phenoxy) is 1. The first kappa shape index (κ1) is 26.1. The summed E-state index contributed by atoms with van der Waals surface area (Å²) in [7, 11) is -3.06. The number of nitrogens with zero attached hydrogens (tertiary/aromatic N) is 6. The molecule has 2 aromatic heterocycles. The van der Waals surface area contributed by atoms with Gasteiger partial charge in [-0.25, -0.2) is 23.1 Å². The molecule has 1 atom stereocenters. The molecule has 1 fully saturated rings. The highest BCUT2D eigenvalue weighted by molar-refractivity contribution is 7.79. The number of carbonyl (C=O) groups is 1. The third kappa shape index (κ3) is 6.23. The van der Waals surface area contributed by atoms with Crippen molar-refractivity contribution < 1.29 is 35.8 Å². The highest BCUT2D eigenvalue weighted by Crippen LogP contribution is 2.32. The second kappa shape index (κ2) is 10.6. The topological polar surface area (TPSA) is 162 Å². The highest BCUT2D eigenvalue weighted by Gasteiger charge is 2.31. The highest BCUT2D eigenvalue weighted by atomic mass is 32.3. The smallest absolute Gasteiger partial charge is 0.378 e. The zero-order valence-corrected chi connectivity index (χ0v) is 20.0. The van der Waals surface area contributed by atoms with E-state index in [0.29, 0.717) is 30.2 Å². The number of nitrogens with one attached hydrogen (secondary N) is 1. The Bertz CT molecular complexity index is 1470. The standard InChI is InChI=1S/C21H19F2N7O2.H2O4S/c1-32-14-11-28(12-14)21(31)26-17-10-25-30-8-5-18(27-20(17)30)29-7-2-6-24-19(29)15-9-13(22)3-4-16(15)23;1-5(2,3)4/h2-10,14,19H,11-12H2,1H3,(H,26,31);(H2,1,2,3,4)/t19-;/m1./s1. The van der Waals surface area contributed by atoms with Crippen molar-refractivity contribution in [3.63, 3.8) is 0 Å². The van der Waals surface area contributed by atoms with Crippen LogP contribution in [0, 0.1) is 11.6 Å². The van der Waals surface area contributed by atoms with E-state index in [1.807, 2.05) is 0 Å². The molecule has 196 valence electrons. The summed E-state index contributed by atoms with van der Waals surface area (Å²) in [4.78, 5) is 24.6. The number of allylic oxidation sites excluding steroid dienone is 1. The Morgan fingerprint density at radius 2 is 1.95 bits per heavy atom. The summed E-state index contributed by atoms with van der Waals surface area (Å²) >= 11 is 0. The van der Waals surface area contributed by atoms with E-state index in [1.54, 1.807) is 41.4 Å². The van der Waals surface area contributed by atoms with Crippen LogP contribution in [0.1, 0.15) is 11.7 Å². The van der Waals surface area contributed by atoms with Crippen LogP contribution in [0.25, 0.3) is 5.65 Å². The molecule has 4 heterocycles. The van der Waals surface area contributed by atoms with Crippen LogP contribution in [-0.4, -0.2) is 75.6 Å². The lowest BCUT2D eigenvalue weighted by atomic mass is 10.1. The number of likely N-dealkylation sites (tertiary alicyclic amines) is 1. The maximum atomic E-state index is 14.4. The molecule has 0 aliphatic carbocycles. The zero-order valence-electron chi connectivity index (χ0n) is 19.1. The molecule has 0 unspecified atom stereocenters. The number of fused-ring (bicyclic) bond motifs is 1. The molecular weight excluding hydrogens is 516 g/mol. The Labute approximate surface area is 209 Å². The lowest BCUT2D eigenvalue weighted by Crippen LogP contribution is -2.55. The summed E-state index contributed by atoms with van der Waals surface area (Å²) in [5.74, 6) is -0.702. The summed E-state index contributed by atoms with van der Waals surface area (Å²) < 4.78 is 66.5. The maximum absolute atomic E-state index is 14.4. The molecule has 2 aliphatic rings. The van der Waals surface area contributed by atoms with E-state index in [9.17, 15) is 13.6 Å². The van der Waals surface area contributed by atoms with E-state index in [4.69, 9.17) is 22.3 Å². The number of urea groups is 1. The molecule has 0 bridgehead atoms. The minimum absolute atomic E-state index is 0.0426. The Morgan fingerprint density at radius 1 is 1.22 bits per heavy atom. The number of benzene rings is 1. The lowest BCUT2D eigenvalue weighted by Gasteiger charge is -2.37. The van der Waals surface area contributed by atoms with Gasteiger partial charge in [0.15, 0.2) is 11.8 Å². The van der Waals surface area contributed by atoms with E-state index in [2.05, 4.69) is 20.4 Å². The van der Waals surface area contributed by atoms with Crippen molar-refractivity contribution in [2.75, 3.05) is 30.4 Å². The first-order valence-electron chi connectivity index (χ1n) is 10.6. The largest absolute Gasteiger partial charge is 0.394 e. The lowest BCUT2D eigenvalue weighted by molar-refractivity contribution is -0.00465. The summed E-state index contributed by atoms with van der Waals surface area (Å²) in [6, 6.07) is 4.65. The average Bonchev–Trinajstić information content (AvgIpc) is 3.21. The third-order valence-electron chi connectivity index (χ3n) is 5.39. The number of hydrogen-bond donors (Lipinski definition) is 3. The van der Waals surface area contributed by atoms with Gasteiger partial charge in [-0.1, -0.05) is 0 Å². The molecule has 0 spiro atoms. The van der Waals surface area contributed by atoms with Gasteiger partial charge >= 0.3 is 16.4 Å². The molecule has 1 aromatic carbocycles. The predicted octanol–water partition coefficient (Wildman–Crippen LogP) is 2.32. The number of carbonyl (C=O) groups excluding carboxylic acids is 1. The van der Waals surface area contributed by atoms with Gasteiger partial charge in [0.2, 0.25) is 0 Å². The van der Waals surface area contributed by atoms with E-state index in [0.717, 1.165) is 18.2 Å². The SMILES string of the molecule is COC1CN(C(=O)Nc2cnn3ccc(N4C=CC=N[C@H]4c4cc(F)ccc4F)nc23)C1.O=S(=O)(O)O. The van der Waals surface area contributed by atoms with Gasteiger partial charge in [-0.05, 0) is 30.3 Å². The summed E-state index contributed by atoms with van der Waals surface area (Å²) in [6.07, 6.45) is 7.26. The van der Waals surface area contributed by atoms with Crippen LogP contribution in [0.2, 0.25) is 0 Å². The van der Waals surface area contributed by atoms with Gasteiger partial charge in [-0.15, -0.1) is 0 Å². The monoisotopic (exact) mass is 537 g/mol. The summed E-state index contributed by atoms with van der Waals surface area (Å²) in [6.45, 7) is 1.02. The Hall–Kier alpha value is -3.99. The van der Waals surface area contributed by atoms with Gasteiger partial charge in [0.25, 0.3) is 0 Å². The third-order valence-corrected chi connectivity index (χ3v) is 5.39. The first-order valence-corrected chi connectivity index (χ1v) is 12.0. The minimum Gasteiger partial charge on any atom is -0.378 e. The van der Waals surface area contributed by atoms with Gasteiger partial charge in [0.1, 0.15) is 23.1 Å². The van der Waals surface area contributed by atoms with Gasteiger partial charge in [0, 0.05) is 31.3 Å². The van der Waals surface area contributed by atoms with Crippen molar-refractivity contribution in [3.05, 3.63) is 66.1 Å². The van der Waals surface area contributed by atoms with Crippen LogP contribution in [0.4, 0.5) is 25.1 Å². The molecule has 2 amide bonds. The van der Waals surface area contributed by atoms with Crippen molar-refractivity contribution in [2.45, 2.75) is 12.3 Å². The molecule has 0 radical (unpaired) electrons. The van der Waals surface area contributed by atoms with Gasteiger partial charge in [-0.2, -0.15) is 13.5 Å². The van der Waals surface area contributed by atoms with Crippen molar-refractivity contribution in [2.24, 2.45) is 4.99 Å². The van der Waals surface area contributed by atoms with Gasteiger partial charge in [0.05, 0.1) is 25.4 Å². The van der Waals surface area contributed by atoms with Crippen molar-refractivity contribution in [1.29, 1.82) is 0 Å². The fraction of sp³-hybridized carbons (Fsp3) is 0.238. The maximum Gasteiger partial charge on any atom is 0.394 e. The number of anilines is 2.